The highest BCUT2D eigenvalue weighted by Gasteiger charge is 2.11. The fourth-order valence-corrected chi connectivity index (χ4v) is 3.11. The van der Waals surface area contributed by atoms with Gasteiger partial charge in [-0.3, -0.25) is 9.20 Å². The Kier molecular flexibility index (Phi) is 2.45. The van der Waals surface area contributed by atoms with Crippen molar-refractivity contribution in [2.75, 3.05) is 0 Å². The average Bonchev–Trinajstić information content (AvgIpc) is 2.83. The lowest BCUT2D eigenvalue weighted by atomic mass is 10.1. The van der Waals surface area contributed by atoms with Crippen molar-refractivity contribution in [1.29, 1.82) is 0 Å². The molecule has 0 atom stereocenters. The number of para-hydroxylation sites is 1. The zero-order valence-electron chi connectivity index (χ0n) is 12.4. The number of pyridine rings is 2. The highest BCUT2D eigenvalue weighted by atomic mass is 16.4. The van der Waals surface area contributed by atoms with Gasteiger partial charge >= 0.3 is 5.63 Å². The third-order valence-corrected chi connectivity index (χ3v) is 4.27. The predicted octanol–water partition coefficient (Wildman–Crippen LogP) is 3.11. The Bertz CT molecular complexity index is 1400. The first-order chi connectivity index (χ1) is 11.7. The monoisotopic (exact) mass is 314 g/mol. The number of aromatic nitrogens is 2. The number of benzene rings is 1. The maximum absolute atomic E-state index is 12.8. The van der Waals surface area contributed by atoms with Crippen molar-refractivity contribution in [3.63, 3.8) is 0 Å². The van der Waals surface area contributed by atoms with Gasteiger partial charge in [-0.05, 0) is 29.7 Å². The molecule has 0 amide bonds. The van der Waals surface area contributed by atoms with E-state index in [1.165, 1.54) is 12.3 Å². The molecule has 0 unspecified atom stereocenters. The second-order valence-electron chi connectivity index (χ2n) is 5.71. The summed E-state index contributed by atoms with van der Waals surface area (Å²) in [6.07, 6.45) is 2.99. The topological polar surface area (TPSA) is 64.6 Å². The van der Waals surface area contributed by atoms with Gasteiger partial charge in [-0.15, -0.1) is 0 Å². The van der Waals surface area contributed by atoms with Crippen LogP contribution < -0.4 is 11.2 Å². The van der Waals surface area contributed by atoms with E-state index in [4.69, 9.17) is 9.40 Å². The van der Waals surface area contributed by atoms with Gasteiger partial charge in [0.15, 0.2) is 0 Å². The van der Waals surface area contributed by atoms with E-state index in [0.29, 0.717) is 16.3 Å². The normalized spacial score (nSPS) is 11.7. The van der Waals surface area contributed by atoms with Gasteiger partial charge in [-0.2, -0.15) is 0 Å². The molecule has 0 saturated carbocycles. The molecule has 5 rings (SSSR count). The molecule has 0 fully saturated rings. The second kappa shape index (κ2) is 4.52. The summed E-state index contributed by atoms with van der Waals surface area (Å²) in [5.74, 6) is 0. The molecule has 0 radical (unpaired) electrons. The molecular formula is C19H10N2O3. The lowest BCUT2D eigenvalue weighted by molar-refractivity contribution is 0.520. The fraction of sp³-hybridized carbons (Fsp3) is 0. The van der Waals surface area contributed by atoms with Crippen LogP contribution in [0.1, 0.15) is 0 Å². The molecule has 0 aliphatic rings. The van der Waals surface area contributed by atoms with Crippen molar-refractivity contribution < 1.29 is 4.42 Å². The van der Waals surface area contributed by atoms with Crippen LogP contribution in [0.2, 0.25) is 0 Å². The van der Waals surface area contributed by atoms with E-state index >= 15 is 0 Å². The molecule has 4 aromatic heterocycles. The number of rotatable bonds is 0. The van der Waals surface area contributed by atoms with Crippen molar-refractivity contribution in [2.24, 2.45) is 0 Å². The first-order valence-corrected chi connectivity index (χ1v) is 7.47. The van der Waals surface area contributed by atoms with Crippen LogP contribution in [0.15, 0.2) is 75.0 Å². The summed E-state index contributed by atoms with van der Waals surface area (Å²) < 4.78 is 6.47. The molecule has 114 valence electrons. The van der Waals surface area contributed by atoms with E-state index in [9.17, 15) is 9.59 Å². The van der Waals surface area contributed by atoms with Gasteiger partial charge < -0.3 is 4.42 Å². The van der Waals surface area contributed by atoms with Crippen LogP contribution in [0.3, 0.4) is 0 Å². The minimum absolute atomic E-state index is 0.232. The fourth-order valence-electron chi connectivity index (χ4n) is 3.11. The molecule has 0 aliphatic carbocycles. The minimum Gasteiger partial charge on any atom is -0.430 e. The molecule has 24 heavy (non-hydrogen) atoms. The van der Waals surface area contributed by atoms with Crippen LogP contribution in [0.5, 0.6) is 0 Å². The predicted molar refractivity (Wildman–Crippen MR) is 92.5 cm³/mol. The molecule has 0 bridgehead atoms. The van der Waals surface area contributed by atoms with E-state index in [1.54, 1.807) is 16.7 Å². The first kappa shape index (κ1) is 13.0. The van der Waals surface area contributed by atoms with Gasteiger partial charge in [0.05, 0.1) is 21.9 Å². The summed E-state index contributed by atoms with van der Waals surface area (Å²) in [7, 11) is 0. The molecule has 1 aromatic carbocycles. The highest BCUT2D eigenvalue weighted by Crippen LogP contribution is 2.25. The molecule has 5 aromatic rings. The second-order valence-corrected chi connectivity index (χ2v) is 5.71. The summed E-state index contributed by atoms with van der Waals surface area (Å²) in [6.45, 7) is 0. The van der Waals surface area contributed by atoms with Crippen molar-refractivity contribution in [1.82, 2.24) is 9.38 Å². The molecule has 5 nitrogen and oxygen atoms in total. The third kappa shape index (κ3) is 1.72. The van der Waals surface area contributed by atoms with Gasteiger partial charge in [0.1, 0.15) is 6.26 Å². The molecule has 4 heterocycles. The van der Waals surface area contributed by atoms with Crippen LogP contribution in [-0.2, 0) is 0 Å². The summed E-state index contributed by atoms with van der Waals surface area (Å²) in [5, 5.41) is 2.92. The lowest BCUT2D eigenvalue weighted by Gasteiger charge is -1.98. The Morgan fingerprint density at radius 3 is 2.71 bits per heavy atom. The van der Waals surface area contributed by atoms with E-state index < -0.39 is 5.63 Å². The Morgan fingerprint density at radius 1 is 0.917 bits per heavy atom. The maximum atomic E-state index is 12.8. The zero-order valence-corrected chi connectivity index (χ0v) is 12.4. The van der Waals surface area contributed by atoms with Crippen molar-refractivity contribution in [2.45, 2.75) is 0 Å². The highest BCUT2D eigenvalue weighted by molar-refractivity contribution is 6.03. The van der Waals surface area contributed by atoms with Crippen LogP contribution in [0.25, 0.3) is 38.1 Å². The number of hydrogen-bond donors (Lipinski definition) is 0. The summed E-state index contributed by atoms with van der Waals surface area (Å²) >= 11 is 0. The molecular weight excluding hydrogens is 304 g/mol. The number of fused-ring (bicyclic) bond motifs is 5. The van der Waals surface area contributed by atoms with Crippen LogP contribution in [0.4, 0.5) is 0 Å². The largest absolute Gasteiger partial charge is 0.430 e. The number of nitrogens with zero attached hydrogens (tertiary/aromatic N) is 2. The van der Waals surface area contributed by atoms with E-state index in [2.05, 4.69) is 0 Å². The van der Waals surface area contributed by atoms with Gasteiger partial charge in [-0.25, -0.2) is 9.78 Å². The maximum Gasteiger partial charge on any atom is 0.335 e. The van der Waals surface area contributed by atoms with E-state index in [0.717, 1.165) is 21.8 Å². The molecule has 0 saturated heterocycles. The third-order valence-electron chi connectivity index (χ3n) is 4.27. The van der Waals surface area contributed by atoms with Crippen LogP contribution in [-0.4, -0.2) is 9.38 Å². The van der Waals surface area contributed by atoms with Crippen LogP contribution in [0, 0.1) is 0 Å². The van der Waals surface area contributed by atoms with Crippen LogP contribution >= 0.6 is 0 Å². The molecule has 0 spiro atoms. The molecule has 0 N–H and O–H groups in total. The summed E-state index contributed by atoms with van der Waals surface area (Å²) in [4.78, 5) is 28.9. The standard InChI is InChI=1S/C19H10N2O3/c22-17-6-5-11-8-16-18-13(7-12-3-1-2-4-15(12)20-18)9-21(16)19(23)14(11)10-24-17/h1-10H. The Hall–Kier alpha value is -3.47. The van der Waals surface area contributed by atoms with E-state index in [1.807, 2.05) is 36.4 Å². The Balaban J connectivity index is 2.04. The smallest absolute Gasteiger partial charge is 0.335 e. The van der Waals surface area contributed by atoms with Gasteiger partial charge in [0.25, 0.3) is 5.56 Å². The Morgan fingerprint density at radius 2 is 1.79 bits per heavy atom. The lowest BCUT2D eigenvalue weighted by Crippen LogP contribution is -2.10. The minimum atomic E-state index is -0.496. The van der Waals surface area contributed by atoms with Crippen molar-refractivity contribution >= 4 is 38.1 Å². The summed E-state index contributed by atoms with van der Waals surface area (Å²) in [6, 6.07) is 14.6. The van der Waals surface area contributed by atoms with Crippen molar-refractivity contribution in [3.8, 4) is 0 Å². The molecule has 5 heteroatoms. The average molecular weight is 314 g/mol. The first-order valence-electron chi connectivity index (χ1n) is 7.47. The Labute approximate surface area is 134 Å². The van der Waals surface area contributed by atoms with Crippen molar-refractivity contribution in [3.05, 3.63) is 81.8 Å². The molecule has 0 aliphatic heterocycles. The quantitative estimate of drug-likeness (QED) is 0.440. The van der Waals surface area contributed by atoms with Gasteiger partial charge in [-0.1, -0.05) is 18.2 Å². The van der Waals surface area contributed by atoms with Gasteiger partial charge in [0, 0.05) is 23.0 Å². The van der Waals surface area contributed by atoms with E-state index in [-0.39, 0.29) is 5.56 Å². The number of hydrogen-bond acceptors (Lipinski definition) is 4. The van der Waals surface area contributed by atoms with Gasteiger partial charge in [0.2, 0.25) is 0 Å². The SMILES string of the molecule is O=c1ccc2cc3c4nc5ccccc5cc4cn3c(=O)c2co1. The zero-order chi connectivity index (χ0) is 16.3. The summed E-state index contributed by atoms with van der Waals surface area (Å²) in [5.41, 5.74) is 1.62.